The fourth-order valence-electron chi connectivity index (χ4n) is 2.82. The van der Waals surface area contributed by atoms with E-state index in [1.54, 1.807) is 18.2 Å². The van der Waals surface area contributed by atoms with Crippen LogP contribution in [0.15, 0.2) is 59.6 Å². The molecule has 0 unspecified atom stereocenters. The first-order chi connectivity index (χ1) is 14.7. The molecule has 0 saturated carbocycles. The minimum Gasteiger partial charge on any atom is -0.302 e. The molecule has 0 fully saturated rings. The van der Waals surface area contributed by atoms with Crippen molar-refractivity contribution >= 4 is 48.6 Å². The molecular weight excluding hydrogens is 441 g/mol. The van der Waals surface area contributed by atoms with Crippen molar-refractivity contribution in [2.75, 3.05) is 16.7 Å². The zero-order valence-electron chi connectivity index (χ0n) is 16.4. The highest BCUT2D eigenvalue weighted by molar-refractivity contribution is 7.92. The molecule has 31 heavy (non-hydrogen) atoms. The number of hydrogen-bond acceptors (Lipinski definition) is 7. The second-order valence-electron chi connectivity index (χ2n) is 6.55. The minimum atomic E-state index is -3.96. The van der Waals surface area contributed by atoms with Crippen LogP contribution in [0.25, 0.3) is 21.5 Å². The molecule has 0 radical (unpaired) electrons. The van der Waals surface area contributed by atoms with Gasteiger partial charge in [-0.2, -0.15) is 0 Å². The number of carbonyl (C=O) groups excluding carboxylic acids is 1. The number of amides is 1. The second kappa shape index (κ2) is 8.00. The van der Waals surface area contributed by atoms with Crippen LogP contribution in [0.5, 0.6) is 0 Å². The summed E-state index contributed by atoms with van der Waals surface area (Å²) in [6.45, 7) is 1.41. The van der Waals surface area contributed by atoms with E-state index < -0.39 is 15.8 Å². The summed E-state index contributed by atoms with van der Waals surface area (Å²) in [5.74, 6) is -0.754. The van der Waals surface area contributed by atoms with E-state index in [9.17, 15) is 17.6 Å². The van der Waals surface area contributed by atoms with Gasteiger partial charge in [-0.15, -0.1) is 0 Å². The molecule has 158 valence electrons. The quantitative estimate of drug-likeness (QED) is 0.490. The highest BCUT2D eigenvalue weighted by atomic mass is 32.2. The number of aromatic nitrogens is 3. The molecule has 0 aliphatic carbocycles. The van der Waals surface area contributed by atoms with Gasteiger partial charge in [-0.05, 0) is 42.5 Å². The van der Waals surface area contributed by atoms with Crippen LogP contribution in [0.4, 0.5) is 15.5 Å². The van der Waals surface area contributed by atoms with Crippen LogP contribution in [0, 0.1) is 5.82 Å². The van der Waals surface area contributed by atoms with E-state index in [1.807, 2.05) is 6.07 Å². The van der Waals surface area contributed by atoms with Crippen molar-refractivity contribution in [1.29, 1.82) is 0 Å². The van der Waals surface area contributed by atoms with Crippen LogP contribution in [0.2, 0.25) is 0 Å². The number of anilines is 2. The van der Waals surface area contributed by atoms with Gasteiger partial charge in [0.2, 0.25) is 11.9 Å². The number of carbonyl (C=O) groups is 1. The summed E-state index contributed by atoms with van der Waals surface area (Å²) in [6.07, 6.45) is 1.47. The molecule has 11 heteroatoms. The fourth-order valence-corrected chi connectivity index (χ4v) is 4.87. The third-order valence-electron chi connectivity index (χ3n) is 4.36. The van der Waals surface area contributed by atoms with Crippen molar-refractivity contribution < 1.29 is 17.6 Å². The van der Waals surface area contributed by atoms with Crippen LogP contribution in [-0.4, -0.2) is 36.3 Å². The lowest BCUT2D eigenvalue weighted by atomic mass is 10.1. The molecule has 0 bridgehead atoms. The minimum absolute atomic E-state index is 0.0230. The molecule has 4 aromatic rings. The number of nitrogens with zero attached hydrogens (tertiary/aromatic N) is 4. The average molecular weight is 458 g/mol. The summed E-state index contributed by atoms with van der Waals surface area (Å²) in [7, 11) is -2.62. The maximum atomic E-state index is 13.2. The van der Waals surface area contributed by atoms with Crippen LogP contribution in [0.3, 0.4) is 0 Å². The van der Waals surface area contributed by atoms with Crippen molar-refractivity contribution in [3.8, 4) is 11.3 Å². The lowest BCUT2D eigenvalue weighted by Crippen LogP contribution is -2.28. The number of thiazole rings is 1. The summed E-state index contributed by atoms with van der Waals surface area (Å²) < 4.78 is 40.6. The fraction of sp³-hybridized carbons (Fsp3) is 0.100. The van der Waals surface area contributed by atoms with Gasteiger partial charge < -0.3 is 5.32 Å². The zero-order valence-corrected chi connectivity index (χ0v) is 18.0. The van der Waals surface area contributed by atoms with Gasteiger partial charge in [0, 0.05) is 25.7 Å². The number of hydrogen-bond donors (Lipinski definition) is 1. The molecule has 0 atom stereocenters. The highest BCUT2D eigenvalue weighted by Crippen LogP contribution is 2.30. The summed E-state index contributed by atoms with van der Waals surface area (Å²) in [5.41, 5.74) is 1.98. The van der Waals surface area contributed by atoms with Crippen molar-refractivity contribution in [2.45, 2.75) is 11.8 Å². The van der Waals surface area contributed by atoms with E-state index in [2.05, 4.69) is 20.3 Å². The molecule has 2 aromatic carbocycles. The molecule has 1 N–H and O–H groups in total. The normalized spacial score (nSPS) is 11.5. The van der Waals surface area contributed by atoms with Crippen LogP contribution >= 0.6 is 11.3 Å². The van der Waals surface area contributed by atoms with Gasteiger partial charge in [-0.3, -0.25) is 4.79 Å². The maximum Gasteiger partial charge on any atom is 0.266 e. The Kier molecular flexibility index (Phi) is 5.38. The largest absolute Gasteiger partial charge is 0.302 e. The van der Waals surface area contributed by atoms with E-state index in [1.165, 1.54) is 43.6 Å². The van der Waals surface area contributed by atoms with Crippen LogP contribution in [-0.2, 0) is 14.8 Å². The monoisotopic (exact) mass is 457 g/mol. The molecule has 0 aliphatic rings. The zero-order chi connectivity index (χ0) is 22.2. The molecular formula is C20H16FN5O3S2. The summed E-state index contributed by atoms with van der Waals surface area (Å²) in [5, 5.41) is 3.15. The SMILES string of the molecule is CC(=O)Nc1nc2ccc(-c3ccnc(N(C)S(=O)(=O)c4ccc(F)cc4)n3)cc2s1. The Bertz CT molecular complexity index is 1390. The number of benzene rings is 2. The molecule has 8 nitrogen and oxygen atoms in total. The van der Waals surface area contributed by atoms with Gasteiger partial charge in [0.15, 0.2) is 5.13 Å². The lowest BCUT2D eigenvalue weighted by molar-refractivity contribution is -0.114. The van der Waals surface area contributed by atoms with Gasteiger partial charge in [0.1, 0.15) is 5.82 Å². The van der Waals surface area contributed by atoms with E-state index in [0.29, 0.717) is 10.8 Å². The van der Waals surface area contributed by atoms with Gasteiger partial charge >= 0.3 is 0 Å². The Morgan fingerprint density at radius 2 is 1.84 bits per heavy atom. The van der Waals surface area contributed by atoms with Crippen molar-refractivity contribution in [1.82, 2.24) is 15.0 Å². The first kappa shape index (κ1) is 20.8. The number of sulfonamides is 1. The van der Waals surface area contributed by atoms with Crippen LogP contribution < -0.4 is 9.62 Å². The van der Waals surface area contributed by atoms with E-state index in [-0.39, 0.29) is 16.8 Å². The standard InChI is InChI=1S/C20H16FN5O3S2/c1-12(27)23-20-25-17-8-3-13(11-18(17)30-20)16-9-10-22-19(24-16)26(2)31(28,29)15-6-4-14(21)5-7-15/h3-11H,1-2H3,(H,23,25,27). The molecule has 0 saturated heterocycles. The van der Waals surface area contributed by atoms with Gasteiger partial charge in [-0.1, -0.05) is 17.4 Å². The predicted octanol–water partition coefficient (Wildman–Crippen LogP) is 3.68. The van der Waals surface area contributed by atoms with Crippen LogP contribution in [0.1, 0.15) is 6.92 Å². The van der Waals surface area contributed by atoms with E-state index in [4.69, 9.17) is 0 Å². The Morgan fingerprint density at radius 3 is 2.55 bits per heavy atom. The molecule has 0 spiro atoms. The number of halogens is 1. The molecule has 2 aromatic heterocycles. The third kappa shape index (κ3) is 4.23. The Labute approximate surface area is 181 Å². The number of nitrogens with one attached hydrogen (secondary N) is 1. The van der Waals surface area contributed by atoms with Gasteiger partial charge in [0.05, 0.1) is 20.8 Å². The second-order valence-corrected chi connectivity index (χ2v) is 9.55. The van der Waals surface area contributed by atoms with Crippen molar-refractivity contribution in [3.63, 3.8) is 0 Å². The van der Waals surface area contributed by atoms with E-state index >= 15 is 0 Å². The summed E-state index contributed by atoms with van der Waals surface area (Å²) in [6, 6.07) is 11.7. The topological polar surface area (TPSA) is 105 Å². The first-order valence-electron chi connectivity index (χ1n) is 9.00. The van der Waals surface area contributed by atoms with Gasteiger partial charge in [0.25, 0.3) is 10.0 Å². The van der Waals surface area contributed by atoms with Crippen molar-refractivity contribution in [3.05, 3.63) is 60.5 Å². The lowest BCUT2D eigenvalue weighted by Gasteiger charge is -2.17. The molecule has 0 aliphatic heterocycles. The van der Waals surface area contributed by atoms with Gasteiger partial charge in [-0.25, -0.2) is 32.1 Å². The summed E-state index contributed by atoms with van der Waals surface area (Å²) in [4.78, 5) is 24.0. The Hall–Kier alpha value is -3.44. The Balaban J connectivity index is 1.67. The van der Waals surface area contributed by atoms with E-state index in [0.717, 1.165) is 32.2 Å². The molecule has 2 heterocycles. The smallest absolute Gasteiger partial charge is 0.266 e. The maximum absolute atomic E-state index is 13.2. The number of fused-ring (bicyclic) bond motifs is 1. The predicted molar refractivity (Wildman–Crippen MR) is 117 cm³/mol. The highest BCUT2D eigenvalue weighted by Gasteiger charge is 2.23. The molecule has 4 rings (SSSR count). The van der Waals surface area contributed by atoms with Crippen molar-refractivity contribution in [2.24, 2.45) is 0 Å². The summed E-state index contributed by atoms with van der Waals surface area (Å²) >= 11 is 1.32. The molecule has 1 amide bonds. The Morgan fingerprint density at radius 1 is 1.10 bits per heavy atom. The first-order valence-corrected chi connectivity index (χ1v) is 11.3. The average Bonchev–Trinajstić information content (AvgIpc) is 3.14. The third-order valence-corrected chi connectivity index (χ3v) is 7.05. The number of rotatable bonds is 5.